The van der Waals surface area contributed by atoms with Crippen LogP contribution in [0.2, 0.25) is 0 Å². The standard InChI is InChI=1S/C17H24FNO2/c1-2-21-16(20)17(12-19,11-13-7-3-4-8-13)14-9-5-6-10-15(14)18/h5-6,9-10,13H,2-4,7-8,11-12,19H2,1H3. The summed E-state index contributed by atoms with van der Waals surface area (Å²) in [6.07, 6.45) is 5.07. The van der Waals surface area contributed by atoms with Crippen molar-refractivity contribution in [2.45, 2.75) is 44.4 Å². The fraction of sp³-hybridized carbons (Fsp3) is 0.588. The molecule has 0 spiro atoms. The number of nitrogens with two attached hydrogens (primary N) is 1. The van der Waals surface area contributed by atoms with Crippen molar-refractivity contribution in [2.24, 2.45) is 11.7 Å². The average Bonchev–Trinajstić information content (AvgIpc) is 2.98. The lowest BCUT2D eigenvalue weighted by atomic mass is 9.73. The maximum Gasteiger partial charge on any atom is 0.317 e. The van der Waals surface area contributed by atoms with E-state index < -0.39 is 11.4 Å². The molecule has 1 saturated carbocycles. The highest BCUT2D eigenvalue weighted by Gasteiger charge is 2.44. The lowest BCUT2D eigenvalue weighted by Crippen LogP contribution is -2.46. The van der Waals surface area contributed by atoms with E-state index in [0.29, 0.717) is 17.9 Å². The number of esters is 1. The molecule has 2 N–H and O–H groups in total. The molecule has 1 aromatic rings. The summed E-state index contributed by atoms with van der Waals surface area (Å²) in [6, 6.07) is 6.42. The molecule has 1 aromatic carbocycles. The summed E-state index contributed by atoms with van der Waals surface area (Å²) in [4.78, 5) is 12.6. The second-order valence-electron chi connectivity index (χ2n) is 5.84. The highest BCUT2D eigenvalue weighted by atomic mass is 19.1. The number of carbonyl (C=O) groups excluding carboxylic acids is 1. The van der Waals surface area contributed by atoms with Crippen LogP contribution in [0.25, 0.3) is 0 Å². The number of hydrogen-bond acceptors (Lipinski definition) is 3. The number of carbonyl (C=O) groups is 1. The lowest BCUT2D eigenvalue weighted by molar-refractivity contribution is -0.150. The number of hydrogen-bond donors (Lipinski definition) is 1. The number of halogens is 1. The predicted molar refractivity (Wildman–Crippen MR) is 80.3 cm³/mol. The van der Waals surface area contributed by atoms with Crippen molar-refractivity contribution < 1.29 is 13.9 Å². The Kier molecular flexibility index (Phi) is 5.34. The third-order valence-electron chi connectivity index (χ3n) is 4.52. The van der Waals surface area contributed by atoms with Gasteiger partial charge >= 0.3 is 5.97 Å². The third-order valence-corrected chi connectivity index (χ3v) is 4.52. The first kappa shape index (κ1) is 16.0. The van der Waals surface area contributed by atoms with Crippen LogP contribution in [0.15, 0.2) is 24.3 Å². The van der Waals surface area contributed by atoms with Crippen molar-refractivity contribution in [3.63, 3.8) is 0 Å². The molecule has 0 heterocycles. The SMILES string of the molecule is CCOC(=O)C(CN)(CC1CCCC1)c1ccccc1F. The van der Waals surface area contributed by atoms with Crippen LogP contribution in [0.4, 0.5) is 4.39 Å². The normalized spacial score (nSPS) is 18.4. The van der Waals surface area contributed by atoms with Crippen molar-refractivity contribution in [1.82, 2.24) is 0 Å². The van der Waals surface area contributed by atoms with Gasteiger partial charge in [-0.2, -0.15) is 0 Å². The van der Waals surface area contributed by atoms with Crippen LogP contribution in [-0.4, -0.2) is 19.1 Å². The van der Waals surface area contributed by atoms with Crippen molar-refractivity contribution in [2.75, 3.05) is 13.2 Å². The molecule has 0 aromatic heterocycles. The van der Waals surface area contributed by atoms with Crippen LogP contribution in [0, 0.1) is 11.7 Å². The van der Waals surface area contributed by atoms with Gasteiger partial charge in [-0.05, 0) is 25.3 Å². The number of rotatable bonds is 6. The zero-order valence-electron chi connectivity index (χ0n) is 12.6. The molecule has 1 fully saturated rings. The predicted octanol–water partition coefficient (Wildman–Crippen LogP) is 3.17. The van der Waals surface area contributed by atoms with E-state index in [1.54, 1.807) is 25.1 Å². The second-order valence-corrected chi connectivity index (χ2v) is 5.84. The lowest BCUT2D eigenvalue weighted by Gasteiger charge is -2.33. The Hall–Kier alpha value is -1.42. The summed E-state index contributed by atoms with van der Waals surface area (Å²) in [6.45, 7) is 2.11. The van der Waals surface area contributed by atoms with Gasteiger partial charge in [-0.1, -0.05) is 43.9 Å². The van der Waals surface area contributed by atoms with E-state index >= 15 is 0 Å². The zero-order valence-corrected chi connectivity index (χ0v) is 12.6. The molecule has 21 heavy (non-hydrogen) atoms. The Morgan fingerprint density at radius 3 is 2.62 bits per heavy atom. The molecule has 0 saturated heterocycles. The van der Waals surface area contributed by atoms with Crippen molar-refractivity contribution >= 4 is 5.97 Å². The Morgan fingerprint density at radius 2 is 2.05 bits per heavy atom. The van der Waals surface area contributed by atoms with Gasteiger partial charge in [0.1, 0.15) is 11.2 Å². The highest BCUT2D eigenvalue weighted by molar-refractivity contribution is 5.83. The molecule has 1 aliphatic rings. The van der Waals surface area contributed by atoms with E-state index in [-0.39, 0.29) is 19.0 Å². The minimum absolute atomic E-state index is 0.0727. The van der Waals surface area contributed by atoms with E-state index in [1.165, 1.54) is 18.9 Å². The molecule has 1 unspecified atom stereocenters. The maximum absolute atomic E-state index is 14.3. The fourth-order valence-corrected chi connectivity index (χ4v) is 3.41. The van der Waals surface area contributed by atoms with Gasteiger partial charge in [0.05, 0.1) is 6.61 Å². The maximum atomic E-state index is 14.3. The largest absolute Gasteiger partial charge is 0.465 e. The van der Waals surface area contributed by atoms with Crippen LogP contribution in [0.3, 0.4) is 0 Å². The summed E-state index contributed by atoms with van der Waals surface area (Å²) in [5, 5.41) is 0. The molecule has 116 valence electrons. The van der Waals surface area contributed by atoms with Gasteiger partial charge in [-0.3, -0.25) is 4.79 Å². The van der Waals surface area contributed by atoms with Gasteiger partial charge in [0.15, 0.2) is 0 Å². The summed E-state index contributed by atoms with van der Waals surface area (Å²) in [7, 11) is 0. The molecule has 0 radical (unpaired) electrons. The summed E-state index contributed by atoms with van der Waals surface area (Å²) >= 11 is 0. The van der Waals surface area contributed by atoms with Crippen LogP contribution in [0.5, 0.6) is 0 Å². The minimum atomic E-state index is -1.06. The first-order chi connectivity index (χ1) is 10.1. The van der Waals surface area contributed by atoms with Gasteiger partial charge in [0, 0.05) is 12.1 Å². The molecule has 1 atom stereocenters. The average molecular weight is 293 g/mol. The molecule has 0 amide bonds. The molecule has 2 rings (SSSR count). The minimum Gasteiger partial charge on any atom is -0.465 e. The quantitative estimate of drug-likeness (QED) is 0.820. The zero-order chi connectivity index (χ0) is 15.3. The van der Waals surface area contributed by atoms with E-state index in [0.717, 1.165) is 12.8 Å². The molecule has 3 nitrogen and oxygen atoms in total. The van der Waals surface area contributed by atoms with E-state index in [4.69, 9.17) is 10.5 Å². The van der Waals surface area contributed by atoms with E-state index in [9.17, 15) is 9.18 Å². The summed E-state index contributed by atoms with van der Waals surface area (Å²) < 4.78 is 19.5. The smallest absolute Gasteiger partial charge is 0.317 e. The van der Waals surface area contributed by atoms with Gasteiger partial charge in [-0.15, -0.1) is 0 Å². The van der Waals surface area contributed by atoms with E-state index in [1.807, 2.05) is 0 Å². The molecular formula is C17H24FNO2. The Bertz CT molecular complexity index is 485. The third kappa shape index (κ3) is 3.26. The van der Waals surface area contributed by atoms with Crippen LogP contribution in [0.1, 0.15) is 44.6 Å². The van der Waals surface area contributed by atoms with E-state index in [2.05, 4.69) is 0 Å². The molecule has 1 aliphatic carbocycles. The van der Waals surface area contributed by atoms with Gasteiger partial charge < -0.3 is 10.5 Å². The van der Waals surface area contributed by atoms with Crippen molar-refractivity contribution in [3.05, 3.63) is 35.6 Å². The monoisotopic (exact) mass is 293 g/mol. The highest BCUT2D eigenvalue weighted by Crippen LogP contribution is 2.39. The van der Waals surface area contributed by atoms with Crippen LogP contribution in [-0.2, 0) is 14.9 Å². The summed E-state index contributed by atoms with van der Waals surface area (Å²) in [5.41, 5.74) is 5.26. The summed E-state index contributed by atoms with van der Waals surface area (Å²) in [5.74, 6) is -0.365. The number of ether oxygens (including phenoxy) is 1. The number of benzene rings is 1. The van der Waals surface area contributed by atoms with Gasteiger partial charge in [0.25, 0.3) is 0 Å². The molecule has 4 heteroatoms. The second kappa shape index (κ2) is 7.03. The van der Waals surface area contributed by atoms with Crippen molar-refractivity contribution in [3.8, 4) is 0 Å². The molecular weight excluding hydrogens is 269 g/mol. The first-order valence-corrected chi connectivity index (χ1v) is 7.76. The Morgan fingerprint density at radius 1 is 1.38 bits per heavy atom. The van der Waals surface area contributed by atoms with Crippen LogP contribution >= 0.6 is 0 Å². The van der Waals surface area contributed by atoms with Crippen LogP contribution < -0.4 is 5.73 Å². The molecule has 0 bridgehead atoms. The topological polar surface area (TPSA) is 52.3 Å². The Labute approximate surface area is 125 Å². The fourth-order valence-electron chi connectivity index (χ4n) is 3.41. The van der Waals surface area contributed by atoms with Crippen molar-refractivity contribution in [1.29, 1.82) is 0 Å². The Balaban J connectivity index is 2.40. The first-order valence-electron chi connectivity index (χ1n) is 7.76. The molecule has 0 aliphatic heterocycles. The van der Waals surface area contributed by atoms with Gasteiger partial charge in [0.2, 0.25) is 0 Å². The van der Waals surface area contributed by atoms with Gasteiger partial charge in [-0.25, -0.2) is 4.39 Å².